The van der Waals surface area contributed by atoms with Crippen molar-refractivity contribution in [2.45, 2.75) is 19.3 Å². The summed E-state index contributed by atoms with van der Waals surface area (Å²) in [6.07, 6.45) is 2.60. The molecule has 1 aliphatic heterocycles. The fourth-order valence-electron chi connectivity index (χ4n) is 2.91. The number of benzene rings is 1. The van der Waals surface area contributed by atoms with Crippen molar-refractivity contribution < 1.29 is 9.53 Å². The molecule has 21 heavy (non-hydrogen) atoms. The fourth-order valence-corrected chi connectivity index (χ4v) is 3.10. The number of ether oxygens (including phenoxy) is 1. The van der Waals surface area contributed by atoms with Crippen molar-refractivity contribution in [1.29, 1.82) is 0 Å². The molecule has 1 unspecified atom stereocenters. The first-order chi connectivity index (χ1) is 10.1. The van der Waals surface area contributed by atoms with Gasteiger partial charge in [0.05, 0.1) is 13.5 Å². The van der Waals surface area contributed by atoms with E-state index in [1.54, 1.807) is 13.2 Å². The number of likely N-dealkylation sites (tertiary alicyclic amines) is 1. The first kappa shape index (κ1) is 16.1. The zero-order valence-electron chi connectivity index (χ0n) is 12.7. The van der Waals surface area contributed by atoms with Crippen molar-refractivity contribution in [3.63, 3.8) is 0 Å². The Bertz CT molecular complexity index is 491. The number of nitrogens with zero attached hydrogens (tertiary/aromatic N) is 1. The average molecular weight is 311 g/mol. The van der Waals surface area contributed by atoms with Gasteiger partial charge in [-0.15, -0.1) is 0 Å². The number of halogens is 1. The van der Waals surface area contributed by atoms with Crippen LogP contribution in [0.4, 0.5) is 0 Å². The van der Waals surface area contributed by atoms with Gasteiger partial charge in [0, 0.05) is 23.7 Å². The minimum Gasteiger partial charge on any atom is -0.496 e. The largest absolute Gasteiger partial charge is 0.496 e. The third-order valence-corrected chi connectivity index (χ3v) is 4.18. The van der Waals surface area contributed by atoms with Crippen LogP contribution in [0.1, 0.15) is 18.4 Å². The predicted molar refractivity (Wildman–Crippen MR) is 84.9 cm³/mol. The van der Waals surface area contributed by atoms with E-state index in [-0.39, 0.29) is 5.91 Å². The summed E-state index contributed by atoms with van der Waals surface area (Å²) in [5.74, 6) is 1.42. The van der Waals surface area contributed by atoms with Gasteiger partial charge in [-0.3, -0.25) is 4.79 Å². The van der Waals surface area contributed by atoms with Crippen LogP contribution in [0.5, 0.6) is 5.75 Å². The Kier molecular flexibility index (Phi) is 5.88. The van der Waals surface area contributed by atoms with Gasteiger partial charge in [0.1, 0.15) is 5.75 Å². The van der Waals surface area contributed by atoms with Gasteiger partial charge in [-0.05, 0) is 50.6 Å². The number of hydrogen-bond donors (Lipinski definition) is 1. The Morgan fingerprint density at radius 3 is 3.05 bits per heavy atom. The van der Waals surface area contributed by atoms with E-state index in [0.717, 1.165) is 37.4 Å². The molecule has 1 aromatic rings. The summed E-state index contributed by atoms with van der Waals surface area (Å²) in [6.45, 7) is 2.65. The first-order valence-electron chi connectivity index (χ1n) is 7.38. The van der Waals surface area contributed by atoms with Gasteiger partial charge < -0.3 is 15.0 Å². The standard InChI is InChI=1S/C16H23ClN2O2/c1-18-10-12-4-3-7-19(11-12)16(20)9-13-8-14(17)5-6-15(13)21-2/h5-6,8,12,18H,3-4,7,9-11H2,1-2H3. The molecular weight excluding hydrogens is 288 g/mol. The van der Waals surface area contributed by atoms with Gasteiger partial charge in [0.2, 0.25) is 5.91 Å². The minimum atomic E-state index is 0.149. The molecule has 5 heteroatoms. The molecule has 0 saturated carbocycles. The van der Waals surface area contributed by atoms with Crippen molar-refractivity contribution in [1.82, 2.24) is 10.2 Å². The Balaban J connectivity index is 2.02. The normalized spacial score (nSPS) is 18.6. The zero-order chi connectivity index (χ0) is 15.2. The predicted octanol–water partition coefficient (Wildman–Crippen LogP) is 2.35. The molecule has 1 N–H and O–H groups in total. The van der Waals surface area contributed by atoms with Crippen LogP contribution in [-0.2, 0) is 11.2 Å². The minimum absolute atomic E-state index is 0.149. The van der Waals surface area contributed by atoms with Crippen molar-refractivity contribution >= 4 is 17.5 Å². The smallest absolute Gasteiger partial charge is 0.227 e. The third kappa shape index (κ3) is 4.35. The molecule has 1 fully saturated rings. The lowest BCUT2D eigenvalue weighted by Crippen LogP contribution is -2.43. The maximum Gasteiger partial charge on any atom is 0.227 e. The molecule has 0 aromatic heterocycles. The highest BCUT2D eigenvalue weighted by Crippen LogP contribution is 2.24. The quantitative estimate of drug-likeness (QED) is 0.907. The second-order valence-electron chi connectivity index (χ2n) is 5.54. The molecule has 1 aromatic carbocycles. The van der Waals surface area contributed by atoms with E-state index in [1.807, 2.05) is 24.1 Å². The summed E-state index contributed by atoms with van der Waals surface area (Å²) in [5.41, 5.74) is 0.853. The van der Waals surface area contributed by atoms with Crippen LogP contribution in [0.15, 0.2) is 18.2 Å². The van der Waals surface area contributed by atoms with Crippen molar-refractivity contribution in [2.75, 3.05) is 33.8 Å². The van der Waals surface area contributed by atoms with Crippen LogP contribution in [0, 0.1) is 5.92 Å². The number of rotatable bonds is 5. The number of amides is 1. The summed E-state index contributed by atoms with van der Waals surface area (Å²) in [6, 6.07) is 5.40. The van der Waals surface area contributed by atoms with Gasteiger partial charge in [-0.1, -0.05) is 11.6 Å². The summed E-state index contributed by atoms with van der Waals surface area (Å²) >= 11 is 6.02. The lowest BCUT2D eigenvalue weighted by Gasteiger charge is -2.33. The van der Waals surface area contributed by atoms with Gasteiger partial charge in [0.25, 0.3) is 0 Å². The summed E-state index contributed by atoms with van der Waals surface area (Å²) in [7, 11) is 3.57. The van der Waals surface area contributed by atoms with Crippen molar-refractivity contribution in [3.8, 4) is 5.75 Å². The molecule has 1 atom stereocenters. The van der Waals surface area contributed by atoms with E-state index < -0.39 is 0 Å². The molecule has 116 valence electrons. The lowest BCUT2D eigenvalue weighted by molar-refractivity contribution is -0.132. The molecule has 2 rings (SSSR count). The Morgan fingerprint density at radius 2 is 2.33 bits per heavy atom. The molecule has 4 nitrogen and oxygen atoms in total. The number of carbonyl (C=O) groups is 1. The van der Waals surface area contributed by atoms with E-state index in [1.165, 1.54) is 6.42 Å². The van der Waals surface area contributed by atoms with E-state index >= 15 is 0 Å². The summed E-state index contributed by atoms with van der Waals surface area (Å²) in [4.78, 5) is 14.5. The molecule has 0 spiro atoms. The molecule has 1 heterocycles. The molecule has 0 aliphatic carbocycles. The van der Waals surface area contributed by atoms with Crippen LogP contribution in [0.2, 0.25) is 5.02 Å². The molecular formula is C16H23ClN2O2. The number of hydrogen-bond acceptors (Lipinski definition) is 3. The Hall–Kier alpha value is -1.26. The highest BCUT2D eigenvalue weighted by Gasteiger charge is 2.23. The lowest BCUT2D eigenvalue weighted by atomic mass is 9.97. The van der Waals surface area contributed by atoms with E-state index in [4.69, 9.17) is 16.3 Å². The van der Waals surface area contributed by atoms with E-state index in [9.17, 15) is 4.79 Å². The van der Waals surface area contributed by atoms with Gasteiger partial charge in [-0.25, -0.2) is 0 Å². The maximum absolute atomic E-state index is 12.5. The molecule has 1 aliphatic rings. The van der Waals surface area contributed by atoms with Crippen molar-refractivity contribution in [3.05, 3.63) is 28.8 Å². The van der Waals surface area contributed by atoms with Gasteiger partial charge >= 0.3 is 0 Å². The van der Waals surface area contributed by atoms with E-state index in [0.29, 0.717) is 17.4 Å². The Morgan fingerprint density at radius 1 is 1.52 bits per heavy atom. The fraction of sp³-hybridized carbons (Fsp3) is 0.562. The first-order valence-corrected chi connectivity index (χ1v) is 7.76. The highest BCUT2D eigenvalue weighted by atomic mass is 35.5. The molecule has 0 bridgehead atoms. The summed E-state index contributed by atoms with van der Waals surface area (Å²) in [5, 5.41) is 3.83. The second-order valence-corrected chi connectivity index (χ2v) is 5.98. The zero-order valence-corrected chi connectivity index (χ0v) is 13.4. The SMILES string of the molecule is CNCC1CCCN(C(=O)Cc2cc(Cl)ccc2OC)C1. The van der Waals surface area contributed by atoms with Crippen LogP contribution in [0.3, 0.4) is 0 Å². The summed E-state index contributed by atoms with van der Waals surface area (Å²) < 4.78 is 5.31. The number of nitrogens with one attached hydrogen (secondary N) is 1. The van der Waals surface area contributed by atoms with Crippen LogP contribution in [0.25, 0.3) is 0 Å². The van der Waals surface area contributed by atoms with Crippen LogP contribution >= 0.6 is 11.6 Å². The Labute approximate surface area is 131 Å². The average Bonchev–Trinajstić information content (AvgIpc) is 2.48. The van der Waals surface area contributed by atoms with E-state index in [2.05, 4.69) is 5.32 Å². The van der Waals surface area contributed by atoms with Crippen molar-refractivity contribution in [2.24, 2.45) is 5.92 Å². The number of methoxy groups -OCH3 is 1. The third-order valence-electron chi connectivity index (χ3n) is 3.95. The second kappa shape index (κ2) is 7.66. The maximum atomic E-state index is 12.5. The van der Waals surface area contributed by atoms with Crippen LogP contribution in [-0.4, -0.2) is 44.6 Å². The molecule has 1 saturated heterocycles. The monoisotopic (exact) mass is 310 g/mol. The van der Waals surface area contributed by atoms with Crippen LogP contribution < -0.4 is 10.1 Å². The van der Waals surface area contributed by atoms with Gasteiger partial charge in [0.15, 0.2) is 0 Å². The topological polar surface area (TPSA) is 41.6 Å². The number of piperidine rings is 1. The molecule has 1 amide bonds. The van der Waals surface area contributed by atoms with Gasteiger partial charge in [-0.2, -0.15) is 0 Å². The molecule has 0 radical (unpaired) electrons. The number of carbonyl (C=O) groups excluding carboxylic acids is 1. The highest BCUT2D eigenvalue weighted by molar-refractivity contribution is 6.30.